The number of carbonyl (C=O) groups excluding carboxylic acids is 3. The van der Waals surface area contributed by atoms with Crippen molar-refractivity contribution in [2.24, 2.45) is 17.8 Å². The topological polar surface area (TPSA) is 89.9 Å². The van der Waals surface area contributed by atoms with Crippen LogP contribution in [0.1, 0.15) is 32.1 Å². The highest BCUT2D eigenvalue weighted by atomic mass is 16.6. The van der Waals surface area contributed by atoms with Crippen molar-refractivity contribution in [2.75, 3.05) is 13.2 Å². The van der Waals surface area contributed by atoms with E-state index in [1.165, 1.54) is 0 Å². The van der Waals surface area contributed by atoms with Crippen molar-refractivity contribution in [1.29, 1.82) is 0 Å². The van der Waals surface area contributed by atoms with E-state index in [4.69, 9.17) is 9.84 Å². The molecule has 0 spiro atoms. The van der Waals surface area contributed by atoms with E-state index in [0.717, 1.165) is 19.3 Å². The lowest BCUT2D eigenvalue weighted by Gasteiger charge is -2.54. The first-order valence-electron chi connectivity index (χ1n) is 7.03. The van der Waals surface area contributed by atoms with Gasteiger partial charge in [0.2, 0.25) is 0 Å². The van der Waals surface area contributed by atoms with Crippen LogP contribution in [0, 0.1) is 17.8 Å². The van der Waals surface area contributed by atoms with Gasteiger partial charge in [-0.1, -0.05) is 0 Å². The minimum atomic E-state index is -0.845. The molecule has 0 aromatic rings. The number of esters is 2. The molecular weight excluding hydrogens is 264 g/mol. The van der Waals surface area contributed by atoms with Gasteiger partial charge in [0.25, 0.3) is 0 Å². The monoisotopic (exact) mass is 282 g/mol. The molecule has 0 aliphatic heterocycles. The van der Waals surface area contributed by atoms with Crippen molar-refractivity contribution in [3.8, 4) is 0 Å². The smallest absolute Gasteiger partial charge is 0.344 e. The minimum absolute atomic E-state index is 0.0362. The zero-order valence-corrected chi connectivity index (χ0v) is 11.2. The van der Waals surface area contributed by atoms with Crippen LogP contribution >= 0.6 is 0 Å². The number of hydrogen-bond acceptors (Lipinski definition) is 6. The van der Waals surface area contributed by atoms with Crippen molar-refractivity contribution in [1.82, 2.24) is 0 Å². The van der Waals surface area contributed by atoms with Crippen molar-refractivity contribution in [3.05, 3.63) is 0 Å². The molecule has 2 unspecified atom stereocenters. The Morgan fingerprint density at radius 3 is 2.40 bits per heavy atom. The molecule has 20 heavy (non-hydrogen) atoms. The van der Waals surface area contributed by atoms with Crippen LogP contribution in [-0.2, 0) is 23.9 Å². The molecule has 6 heteroatoms. The Labute approximate surface area is 116 Å². The standard InChI is InChI=1S/C14H18O6/c15-6-11(16)19-7-12(17)20-14-3-8-1-9(4-14)13(18)10(2-8)5-14/h8-10,15H,1-7H2. The lowest BCUT2D eigenvalue weighted by atomic mass is 9.53. The Balaban J connectivity index is 1.61. The van der Waals surface area contributed by atoms with Gasteiger partial charge < -0.3 is 14.6 Å². The van der Waals surface area contributed by atoms with Gasteiger partial charge in [-0.15, -0.1) is 0 Å². The molecule has 0 heterocycles. The predicted molar refractivity (Wildman–Crippen MR) is 65.4 cm³/mol. The summed E-state index contributed by atoms with van der Waals surface area (Å²) in [5.41, 5.74) is -0.535. The van der Waals surface area contributed by atoms with Crippen LogP contribution in [0.25, 0.3) is 0 Å². The zero-order chi connectivity index (χ0) is 14.3. The molecule has 2 atom stereocenters. The molecule has 0 radical (unpaired) electrons. The Morgan fingerprint density at radius 1 is 1.15 bits per heavy atom. The second-order valence-corrected chi connectivity index (χ2v) is 6.22. The summed E-state index contributed by atoms with van der Waals surface area (Å²) in [4.78, 5) is 34.6. The van der Waals surface area contributed by atoms with E-state index < -0.39 is 30.8 Å². The number of hydrogen-bond donors (Lipinski definition) is 1. The first kappa shape index (κ1) is 13.5. The number of Topliss-reactive ketones (excluding diaryl/α,β-unsaturated/α-hetero) is 1. The van der Waals surface area contributed by atoms with Crippen molar-refractivity contribution in [2.45, 2.75) is 37.7 Å². The summed E-state index contributed by atoms with van der Waals surface area (Å²) in [6.45, 7) is -1.23. The predicted octanol–water partition coefficient (Wildman–Crippen LogP) is 0.213. The van der Waals surface area contributed by atoms with Crippen LogP contribution in [-0.4, -0.2) is 41.6 Å². The molecule has 0 aromatic carbocycles. The van der Waals surface area contributed by atoms with Gasteiger partial charge >= 0.3 is 11.9 Å². The van der Waals surface area contributed by atoms with Gasteiger partial charge in [0, 0.05) is 11.8 Å². The number of ether oxygens (including phenoxy) is 2. The highest BCUT2D eigenvalue weighted by Gasteiger charge is 2.57. The molecule has 0 saturated heterocycles. The van der Waals surface area contributed by atoms with Crippen LogP contribution in [0.15, 0.2) is 0 Å². The Bertz CT molecular complexity index is 439. The molecule has 4 saturated carbocycles. The Hall–Kier alpha value is -1.43. The number of aliphatic hydroxyl groups is 1. The molecule has 4 bridgehead atoms. The molecule has 1 N–H and O–H groups in total. The molecule has 4 aliphatic carbocycles. The summed E-state index contributed by atoms with van der Waals surface area (Å²) in [6, 6.07) is 0. The number of aliphatic hydroxyl groups excluding tert-OH is 1. The molecule has 4 rings (SSSR count). The van der Waals surface area contributed by atoms with Crippen LogP contribution in [0.3, 0.4) is 0 Å². The lowest BCUT2D eigenvalue weighted by Crippen LogP contribution is -2.57. The van der Waals surface area contributed by atoms with E-state index in [1.807, 2.05) is 0 Å². The quantitative estimate of drug-likeness (QED) is 0.741. The Morgan fingerprint density at radius 2 is 1.80 bits per heavy atom. The molecule has 0 aromatic heterocycles. The highest BCUT2D eigenvalue weighted by molar-refractivity contribution is 5.86. The number of carbonyl (C=O) groups is 3. The maximum absolute atomic E-state index is 12.0. The molecule has 4 fully saturated rings. The van der Waals surface area contributed by atoms with Gasteiger partial charge in [-0.25, -0.2) is 9.59 Å². The fourth-order valence-electron chi connectivity index (χ4n) is 4.26. The van der Waals surface area contributed by atoms with Crippen LogP contribution in [0.4, 0.5) is 0 Å². The molecule has 6 nitrogen and oxygen atoms in total. The summed E-state index contributed by atoms with van der Waals surface area (Å²) < 4.78 is 10.1. The minimum Gasteiger partial charge on any atom is -0.456 e. The van der Waals surface area contributed by atoms with Crippen LogP contribution in [0.2, 0.25) is 0 Å². The molecule has 110 valence electrons. The second kappa shape index (κ2) is 4.84. The summed E-state index contributed by atoms with van der Waals surface area (Å²) in [7, 11) is 0. The van der Waals surface area contributed by atoms with Gasteiger partial charge in [0.1, 0.15) is 18.0 Å². The maximum Gasteiger partial charge on any atom is 0.344 e. The van der Waals surface area contributed by atoms with Crippen molar-refractivity contribution >= 4 is 17.7 Å². The first-order chi connectivity index (χ1) is 9.51. The van der Waals surface area contributed by atoms with Gasteiger partial charge in [-0.3, -0.25) is 4.79 Å². The summed E-state index contributed by atoms with van der Waals surface area (Å²) >= 11 is 0. The lowest BCUT2D eigenvalue weighted by molar-refractivity contribution is -0.194. The normalized spacial score (nSPS) is 37.9. The third kappa shape index (κ3) is 2.32. The zero-order valence-electron chi connectivity index (χ0n) is 11.2. The van der Waals surface area contributed by atoms with Gasteiger partial charge in [0.15, 0.2) is 6.61 Å². The SMILES string of the molecule is O=C(CO)OCC(=O)OC12CC3CC(C1)C(=O)C(C3)C2. The third-order valence-corrected chi connectivity index (χ3v) is 4.75. The molecule has 0 amide bonds. The first-order valence-corrected chi connectivity index (χ1v) is 7.03. The Kier molecular flexibility index (Phi) is 3.28. The van der Waals surface area contributed by atoms with E-state index in [0.29, 0.717) is 24.5 Å². The number of ketones is 1. The van der Waals surface area contributed by atoms with Crippen molar-refractivity contribution in [3.63, 3.8) is 0 Å². The average Bonchev–Trinajstić information content (AvgIpc) is 2.40. The van der Waals surface area contributed by atoms with Gasteiger partial charge in [-0.2, -0.15) is 0 Å². The number of rotatable bonds is 4. The summed E-state index contributed by atoms with van der Waals surface area (Å²) in [6.07, 6.45) is 3.88. The maximum atomic E-state index is 12.0. The van der Waals surface area contributed by atoms with E-state index in [9.17, 15) is 14.4 Å². The largest absolute Gasteiger partial charge is 0.456 e. The van der Waals surface area contributed by atoms with Crippen molar-refractivity contribution < 1.29 is 29.0 Å². The fourth-order valence-corrected chi connectivity index (χ4v) is 4.26. The van der Waals surface area contributed by atoms with E-state index >= 15 is 0 Å². The summed E-state index contributed by atoms with van der Waals surface area (Å²) in [5, 5.41) is 8.52. The van der Waals surface area contributed by atoms with Crippen LogP contribution in [0.5, 0.6) is 0 Å². The van der Waals surface area contributed by atoms with E-state index in [-0.39, 0.29) is 11.8 Å². The second-order valence-electron chi connectivity index (χ2n) is 6.22. The molecular formula is C14H18O6. The average molecular weight is 282 g/mol. The third-order valence-electron chi connectivity index (χ3n) is 4.75. The summed E-state index contributed by atoms with van der Waals surface area (Å²) in [5.74, 6) is -0.566. The highest BCUT2D eigenvalue weighted by Crippen LogP contribution is 2.55. The van der Waals surface area contributed by atoms with E-state index in [2.05, 4.69) is 4.74 Å². The molecule has 4 aliphatic rings. The van der Waals surface area contributed by atoms with E-state index in [1.54, 1.807) is 0 Å². The van der Waals surface area contributed by atoms with Gasteiger partial charge in [0.05, 0.1) is 0 Å². The van der Waals surface area contributed by atoms with Crippen LogP contribution < -0.4 is 0 Å². The fraction of sp³-hybridized carbons (Fsp3) is 0.786. The van der Waals surface area contributed by atoms with Gasteiger partial charge in [-0.05, 0) is 38.0 Å².